The number of anilines is 1. The minimum absolute atomic E-state index is 0.0897. The maximum Gasteiger partial charge on any atom is 0.230 e. The van der Waals surface area contributed by atoms with E-state index in [1.807, 2.05) is 54.6 Å². The van der Waals surface area contributed by atoms with Gasteiger partial charge in [0.1, 0.15) is 0 Å². The molecule has 1 aliphatic carbocycles. The number of rotatable bonds is 6. The van der Waals surface area contributed by atoms with Crippen molar-refractivity contribution in [2.45, 2.75) is 38.6 Å². The summed E-state index contributed by atoms with van der Waals surface area (Å²) in [4.78, 5) is 12.1. The van der Waals surface area contributed by atoms with Crippen molar-refractivity contribution in [2.75, 3.05) is 5.32 Å². The first kappa shape index (κ1) is 16.7. The number of benzene rings is 2. The summed E-state index contributed by atoms with van der Waals surface area (Å²) in [5, 5.41) is 12.7. The van der Waals surface area contributed by atoms with Crippen LogP contribution in [0.5, 0.6) is 0 Å². The van der Waals surface area contributed by atoms with Gasteiger partial charge in [0.25, 0.3) is 0 Å². The van der Waals surface area contributed by atoms with E-state index in [1.54, 1.807) is 0 Å². The van der Waals surface area contributed by atoms with Gasteiger partial charge in [-0.2, -0.15) is 0 Å². The molecule has 126 valence electrons. The molecular weight excluding hydrogens is 302 g/mol. The van der Waals surface area contributed by atoms with Crippen LogP contribution < -0.4 is 5.32 Å². The van der Waals surface area contributed by atoms with Crippen molar-refractivity contribution in [2.24, 2.45) is 5.92 Å². The summed E-state index contributed by atoms with van der Waals surface area (Å²) in [6.45, 7) is 1.11. The largest absolute Gasteiger partial charge is 0.392 e. The predicted octanol–water partition coefficient (Wildman–Crippen LogP) is 3.50. The topological polar surface area (TPSA) is 58.6 Å². The van der Waals surface area contributed by atoms with Crippen molar-refractivity contribution >= 4 is 11.6 Å². The molecule has 1 saturated carbocycles. The van der Waals surface area contributed by atoms with Gasteiger partial charge in [-0.15, -0.1) is 0 Å². The molecule has 2 unspecified atom stereocenters. The minimum atomic E-state index is -0.504. The minimum Gasteiger partial charge on any atom is -0.392 e. The Balaban J connectivity index is 1.47. The van der Waals surface area contributed by atoms with Crippen molar-refractivity contribution in [1.29, 1.82) is 0 Å². The molecule has 0 radical (unpaired) electrons. The summed E-state index contributed by atoms with van der Waals surface area (Å²) in [6, 6.07) is 17.7. The highest BCUT2D eigenvalue weighted by Crippen LogP contribution is 2.26. The molecule has 2 aromatic carbocycles. The number of aliphatic hydroxyl groups excluding tert-OH is 1. The Morgan fingerprint density at radius 3 is 2.29 bits per heavy atom. The molecule has 3 rings (SSSR count). The summed E-state index contributed by atoms with van der Waals surface area (Å²) < 4.78 is 5.70. The third-order valence-electron chi connectivity index (χ3n) is 4.42. The molecule has 24 heavy (non-hydrogen) atoms. The molecule has 0 bridgehead atoms. The predicted molar refractivity (Wildman–Crippen MR) is 93.4 cm³/mol. The van der Waals surface area contributed by atoms with Crippen LogP contribution >= 0.6 is 0 Å². The van der Waals surface area contributed by atoms with Gasteiger partial charge in [0.05, 0.1) is 25.2 Å². The van der Waals surface area contributed by atoms with E-state index in [1.165, 1.54) is 0 Å². The quantitative estimate of drug-likeness (QED) is 0.854. The van der Waals surface area contributed by atoms with E-state index in [4.69, 9.17) is 4.74 Å². The molecule has 1 fully saturated rings. The van der Waals surface area contributed by atoms with Gasteiger partial charge in [0, 0.05) is 5.69 Å². The number of nitrogens with one attached hydrogen (secondary N) is 1. The van der Waals surface area contributed by atoms with Crippen LogP contribution in [0.4, 0.5) is 5.69 Å². The Bertz CT molecular complexity index is 654. The van der Waals surface area contributed by atoms with Crippen molar-refractivity contribution in [1.82, 2.24) is 0 Å². The second-order valence-corrected chi connectivity index (χ2v) is 6.27. The number of hydrogen-bond acceptors (Lipinski definition) is 3. The number of aliphatic hydroxyl groups is 1. The van der Waals surface area contributed by atoms with Crippen LogP contribution in [0.25, 0.3) is 0 Å². The lowest BCUT2D eigenvalue weighted by Gasteiger charge is -2.14. The van der Waals surface area contributed by atoms with Crippen LogP contribution in [-0.4, -0.2) is 17.1 Å². The van der Waals surface area contributed by atoms with Gasteiger partial charge in [0.15, 0.2) is 0 Å². The standard InChI is InChI=1S/C20H23NO3/c22-19-8-4-7-18(19)20(23)21-17-11-9-16(10-12-17)14-24-13-15-5-2-1-3-6-15/h1-3,5-6,9-12,18-19,22H,4,7-8,13-14H2,(H,21,23). The zero-order chi connectivity index (χ0) is 16.8. The van der Waals surface area contributed by atoms with E-state index in [0.29, 0.717) is 13.2 Å². The first-order valence-corrected chi connectivity index (χ1v) is 8.42. The van der Waals surface area contributed by atoms with Crippen LogP contribution in [0.1, 0.15) is 30.4 Å². The van der Waals surface area contributed by atoms with E-state index < -0.39 is 6.10 Å². The average Bonchev–Trinajstić information content (AvgIpc) is 3.04. The third kappa shape index (κ3) is 4.43. The number of amides is 1. The molecule has 0 aromatic heterocycles. The van der Waals surface area contributed by atoms with Gasteiger partial charge >= 0.3 is 0 Å². The third-order valence-corrected chi connectivity index (χ3v) is 4.42. The highest BCUT2D eigenvalue weighted by Gasteiger charge is 2.31. The van der Waals surface area contributed by atoms with E-state index in [-0.39, 0.29) is 11.8 Å². The van der Waals surface area contributed by atoms with Crippen molar-refractivity contribution < 1.29 is 14.6 Å². The Morgan fingerprint density at radius 1 is 1.00 bits per heavy atom. The van der Waals surface area contributed by atoms with Crippen molar-refractivity contribution in [3.8, 4) is 0 Å². The van der Waals surface area contributed by atoms with Crippen molar-refractivity contribution in [3.05, 3.63) is 65.7 Å². The highest BCUT2D eigenvalue weighted by atomic mass is 16.5. The fourth-order valence-electron chi connectivity index (χ4n) is 3.03. The van der Waals surface area contributed by atoms with Crippen molar-refractivity contribution in [3.63, 3.8) is 0 Å². The molecule has 0 saturated heterocycles. The molecule has 1 aliphatic rings. The summed E-state index contributed by atoms with van der Waals surface area (Å²) in [6.07, 6.45) is 1.89. The van der Waals surface area contributed by atoms with Gasteiger partial charge in [-0.05, 0) is 42.5 Å². The average molecular weight is 325 g/mol. The van der Waals surface area contributed by atoms with Crippen LogP contribution in [0.3, 0.4) is 0 Å². The van der Waals surface area contributed by atoms with E-state index in [0.717, 1.165) is 36.1 Å². The second kappa shape index (κ2) is 8.08. The lowest BCUT2D eigenvalue weighted by Crippen LogP contribution is -2.28. The van der Waals surface area contributed by atoms with Gasteiger partial charge < -0.3 is 15.2 Å². The molecule has 4 nitrogen and oxygen atoms in total. The normalized spacial score (nSPS) is 20.0. The lowest BCUT2D eigenvalue weighted by molar-refractivity contribution is -0.122. The van der Waals surface area contributed by atoms with Crippen LogP contribution in [0.15, 0.2) is 54.6 Å². The number of carbonyl (C=O) groups excluding carboxylic acids is 1. The zero-order valence-corrected chi connectivity index (χ0v) is 13.7. The van der Waals surface area contributed by atoms with Gasteiger partial charge in [-0.3, -0.25) is 4.79 Å². The fraction of sp³-hybridized carbons (Fsp3) is 0.350. The molecule has 2 N–H and O–H groups in total. The zero-order valence-electron chi connectivity index (χ0n) is 13.7. The molecule has 1 amide bonds. The Hall–Kier alpha value is -2.17. The van der Waals surface area contributed by atoms with E-state index in [9.17, 15) is 9.90 Å². The van der Waals surface area contributed by atoms with Crippen LogP contribution in [0, 0.1) is 5.92 Å². The number of carbonyl (C=O) groups is 1. The fourth-order valence-corrected chi connectivity index (χ4v) is 3.03. The maximum absolute atomic E-state index is 12.1. The smallest absolute Gasteiger partial charge is 0.230 e. The Labute approximate surface area is 142 Å². The van der Waals surface area contributed by atoms with Crippen LogP contribution in [-0.2, 0) is 22.7 Å². The molecule has 2 atom stereocenters. The number of hydrogen-bond donors (Lipinski definition) is 2. The monoisotopic (exact) mass is 325 g/mol. The highest BCUT2D eigenvalue weighted by molar-refractivity contribution is 5.93. The Kier molecular flexibility index (Phi) is 5.62. The second-order valence-electron chi connectivity index (χ2n) is 6.27. The first-order chi connectivity index (χ1) is 11.7. The van der Waals surface area contributed by atoms with E-state index >= 15 is 0 Å². The summed E-state index contributed by atoms with van der Waals surface area (Å²) in [7, 11) is 0. The number of ether oxygens (including phenoxy) is 1. The van der Waals surface area contributed by atoms with Gasteiger partial charge in [-0.1, -0.05) is 42.5 Å². The van der Waals surface area contributed by atoms with Gasteiger partial charge in [0.2, 0.25) is 5.91 Å². The molecular formula is C20H23NO3. The summed E-state index contributed by atoms with van der Waals surface area (Å²) in [5.74, 6) is -0.369. The molecule has 0 spiro atoms. The first-order valence-electron chi connectivity index (χ1n) is 8.42. The lowest BCUT2D eigenvalue weighted by atomic mass is 10.1. The molecule has 0 heterocycles. The Morgan fingerprint density at radius 2 is 1.67 bits per heavy atom. The molecule has 2 aromatic rings. The molecule has 0 aliphatic heterocycles. The van der Waals surface area contributed by atoms with Crippen LogP contribution in [0.2, 0.25) is 0 Å². The summed E-state index contributed by atoms with van der Waals surface area (Å²) >= 11 is 0. The molecule has 4 heteroatoms. The maximum atomic E-state index is 12.1. The van der Waals surface area contributed by atoms with E-state index in [2.05, 4.69) is 5.32 Å². The summed E-state index contributed by atoms with van der Waals surface area (Å²) in [5.41, 5.74) is 2.97. The SMILES string of the molecule is O=C(Nc1ccc(COCc2ccccc2)cc1)C1CCCC1O. The van der Waals surface area contributed by atoms with Gasteiger partial charge in [-0.25, -0.2) is 0 Å².